The third-order valence-electron chi connectivity index (χ3n) is 8.01. The normalized spacial score (nSPS) is 17.2. The van der Waals surface area contributed by atoms with Gasteiger partial charge < -0.3 is 19.1 Å². The second kappa shape index (κ2) is 13.2. The molecule has 0 atom stereocenters. The highest BCUT2D eigenvalue weighted by Gasteiger charge is 2.32. The van der Waals surface area contributed by atoms with Crippen molar-refractivity contribution in [3.63, 3.8) is 0 Å². The minimum atomic E-state index is -3.74. The smallest absolute Gasteiger partial charge is 0.246 e. The van der Waals surface area contributed by atoms with Gasteiger partial charge in [0, 0.05) is 44.1 Å². The molecule has 2 aliphatic heterocycles. The van der Waals surface area contributed by atoms with Crippen LogP contribution >= 0.6 is 0 Å². The number of hydrogen-bond acceptors (Lipinski definition) is 9. The molecular formula is C31H37N5O5S. The van der Waals surface area contributed by atoms with Gasteiger partial charge in [-0.1, -0.05) is 6.07 Å². The van der Waals surface area contributed by atoms with Crippen LogP contribution in [0.3, 0.4) is 0 Å². The number of methoxy groups -OCH3 is 1. The number of piperidine rings is 1. The van der Waals surface area contributed by atoms with Gasteiger partial charge in [0.25, 0.3) is 0 Å². The van der Waals surface area contributed by atoms with Crippen LogP contribution in [0.15, 0.2) is 53.6 Å². The highest BCUT2D eigenvalue weighted by atomic mass is 32.2. The first-order chi connectivity index (χ1) is 20.3. The second-order valence-electron chi connectivity index (χ2n) is 10.8. The number of sulfonamides is 1. The van der Waals surface area contributed by atoms with Crippen LogP contribution in [-0.2, 0) is 21.2 Å². The standard InChI is InChI=1S/C31H37N5O5S/c1-35-14-9-25(10-15-35)36(2)42(37,38)30-7-4-22(18-29(30)39-3)19-31-33-13-8-27(34-31)23-5-6-28(24(20-23)21-32)41-26-11-16-40-17-12-26/h4-8,13,18,20,25-26H,9-12,14-17,19H2,1-3H3. The van der Waals surface area contributed by atoms with E-state index in [1.54, 1.807) is 43.6 Å². The van der Waals surface area contributed by atoms with Crippen molar-refractivity contribution < 1.29 is 22.6 Å². The first-order valence-corrected chi connectivity index (χ1v) is 15.7. The molecule has 0 bridgehead atoms. The Kier molecular flexibility index (Phi) is 9.38. The Hall–Kier alpha value is -3.56. The number of benzene rings is 2. The molecule has 1 aromatic heterocycles. The summed E-state index contributed by atoms with van der Waals surface area (Å²) in [5.74, 6) is 1.42. The van der Waals surface area contributed by atoms with Gasteiger partial charge in [0.05, 0.1) is 31.6 Å². The summed E-state index contributed by atoms with van der Waals surface area (Å²) in [6.45, 7) is 3.06. The van der Waals surface area contributed by atoms with E-state index in [2.05, 4.69) is 23.0 Å². The van der Waals surface area contributed by atoms with Crippen LogP contribution in [-0.4, -0.2) is 87.2 Å². The largest absolute Gasteiger partial charge is 0.495 e. The summed E-state index contributed by atoms with van der Waals surface area (Å²) in [5, 5.41) is 9.77. The summed E-state index contributed by atoms with van der Waals surface area (Å²) in [4.78, 5) is 11.5. The highest BCUT2D eigenvalue weighted by Crippen LogP contribution is 2.31. The van der Waals surface area contributed by atoms with E-state index in [9.17, 15) is 13.7 Å². The van der Waals surface area contributed by atoms with E-state index in [0.29, 0.717) is 48.2 Å². The molecule has 5 rings (SSSR count). The number of hydrogen-bond donors (Lipinski definition) is 0. The van der Waals surface area contributed by atoms with Crippen molar-refractivity contribution in [1.29, 1.82) is 5.26 Å². The van der Waals surface area contributed by atoms with Crippen LogP contribution in [0.5, 0.6) is 11.5 Å². The molecule has 3 aromatic rings. The number of nitrogens with zero attached hydrogens (tertiary/aromatic N) is 5. The fraction of sp³-hybridized carbons (Fsp3) is 0.452. The summed E-state index contributed by atoms with van der Waals surface area (Å²) in [6.07, 6.45) is 5.29. The van der Waals surface area contributed by atoms with Crippen molar-refractivity contribution in [2.75, 3.05) is 47.5 Å². The SMILES string of the molecule is COc1cc(Cc2nccc(-c3ccc(OC4CCOCC4)c(C#N)c3)n2)ccc1S(=O)(=O)N(C)C1CCN(C)CC1. The molecule has 10 nitrogen and oxygen atoms in total. The fourth-order valence-corrected chi connectivity index (χ4v) is 6.98. The molecular weight excluding hydrogens is 554 g/mol. The van der Waals surface area contributed by atoms with Gasteiger partial charge >= 0.3 is 0 Å². The zero-order valence-electron chi connectivity index (χ0n) is 24.3. The maximum Gasteiger partial charge on any atom is 0.246 e. The minimum absolute atomic E-state index is 0.0374. The maximum absolute atomic E-state index is 13.5. The number of aromatic nitrogens is 2. The lowest BCUT2D eigenvalue weighted by Crippen LogP contribution is -2.44. The van der Waals surface area contributed by atoms with Crippen LogP contribution in [0.1, 0.15) is 42.6 Å². The molecule has 11 heteroatoms. The summed E-state index contributed by atoms with van der Waals surface area (Å²) in [6, 6.07) is 14.6. The van der Waals surface area contributed by atoms with Crippen molar-refractivity contribution in [3.8, 4) is 28.8 Å². The molecule has 2 aromatic carbocycles. The molecule has 3 heterocycles. The predicted octanol–water partition coefficient (Wildman–Crippen LogP) is 3.89. The van der Waals surface area contributed by atoms with Crippen LogP contribution in [0.25, 0.3) is 11.3 Å². The highest BCUT2D eigenvalue weighted by molar-refractivity contribution is 7.89. The van der Waals surface area contributed by atoms with Gasteiger partial charge in [-0.25, -0.2) is 18.4 Å². The van der Waals surface area contributed by atoms with Crippen LogP contribution in [0.4, 0.5) is 0 Å². The number of ether oxygens (including phenoxy) is 3. The molecule has 2 aliphatic rings. The quantitative estimate of drug-likeness (QED) is 0.365. The lowest BCUT2D eigenvalue weighted by atomic mass is 10.1. The van der Waals surface area contributed by atoms with E-state index in [1.807, 2.05) is 12.1 Å². The van der Waals surface area contributed by atoms with Crippen LogP contribution in [0.2, 0.25) is 0 Å². The molecule has 0 aliphatic carbocycles. The first-order valence-electron chi connectivity index (χ1n) is 14.2. The van der Waals surface area contributed by atoms with Gasteiger partial charge in [-0.15, -0.1) is 0 Å². The topological polar surface area (TPSA) is 118 Å². The van der Waals surface area contributed by atoms with Gasteiger partial charge in [0.15, 0.2) is 0 Å². The predicted molar refractivity (Wildman–Crippen MR) is 158 cm³/mol. The van der Waals surface area contributed by atoms with Crippen molar-refractivity contribution >= 4 is 10.0 Å². The fourth-order valence-electron chi connectivity index (χ4n) is 5.43. The van der Waals surface area contributed by atoms with Crippen molar-refractivity contribution in [2.45, 2.75) is 49.1 Å². The van der Waals surface area contributed by atoms with E-state index in [1.165, 1.54) is 11.4 Å². The summed E-state index contributed by atoms with van der Waals surface area (Å²) >= 11 is 0. The molecule has 0 radical (unpaired) electrons. The first kappa shape index (κ1) is 29.9. The third-order valence-corrected chi connectivity index (χ3v) is 9.96. The van der Waals surface area contributed by atoms with Crippen molar-refractivity contribution in [1.82, 2.24) is 19.2 Å². The molecule has 0 saturated carbocycles. The monoisotopic (exact) mass is 591 g/mol. The average molecular weight is 592 g/mol. The molecule has 0 unspecified atom stereocenters. The molecule has 222 valence electrons. The Bertz CT molecular complexity index is 1540. The molecule has 0 amide bonds. The number of nitriles is 1. The summed E-state index contributed by atoms with van der Waals surface area (Å²) < 4.78 is 45.6. The van der Waals surface area contributed by atoms with E-state index in [0.717, 1.165) is 49.9 Å². The van der Waals surface area contributed by atoms with E-state index >= 15 is 0 Å². The van der Waals surface area contributed by atoms with Gasteiger partial charge in [-0.05, 0) is 74.9 Å². The Balaban J connectivity index is 1.33. The molecule has 2 fully saturated rings. The summed E-state index contributed by atoms with van der Waals surface area (Å²) in [7, 11) is 1.45. The van der Waals surface area contributed by atoms with Crippen LogP contribution < -0.4 is 9.47 Å². The summed E-state index contributed by atoms with van der Waals surface area (Å²) in [5.41, 5.74) is 2.74. The van der Waals surface area contributed by atoms with Crippen molar-refractivity contribution in [3.05, 3.63) is 65.6 Å². The molecule has 2 saturated heterocycles. The number of rotatable bonds is 9. The minimum Gasteiger partial charge on any atom is -0.495 e. The van der Waals surface area contributed by atoms with Crippen LogP contribution in [0, 0.1) is 11.3 Å². The average Bonchev–Trinajstić information content (AvgIpc) is 3.01. The van der Waals surface area contributed by atoms with Gasteiger partial charge in [-0.2, -0.15) is 9.57 Å². The molecule has 42 heavy (non-hydrogen) atoms. The molecule has 0 N–H and O–H groups in total. The Labute approximate surface area is 247 Å². The van der Waals surface area contributed by atoms with E-state index in [4.69, 9.17) is 19.2 Å². The maximum atomic E-state index is 13.5. The van der Waals surface area contributed by atoms with E-state index in [-0.39, 0.29) is 17.0 Å². The lowest BCUT2D eigenvalue weighted by Gasteiger charge is -2.34. The Morgan fingerprint density at radius 3 is 2.55 bits per heavy atom. The van der Waals surface area contributed by atoms with Gasteiger partial charge in [0.2, 0.25) is 10.0 Å². The lowest BCUT2D eigenvalue weighted by molar-refractivity contribution is 0.0254. The Morgan fingerprint density at radius 2 is 1.83 bits per heavy atom. The third kappa shape index (κ3) is 6.73. The Morgan fingerprint density at radius 1 is 1.07 bits per heavy atom. The zero-order chi connectivity index (χ0) is 29.7. The van der Waals surface area contributed by atoms with Gasteiger partial charge in [-0.3, -0.25) is 0 Å². The van der Waals surface area contributed by atoms with Gasteiger partial charge in [0.1, 0.15) is 34.4 Å². The molecule has 0 spiro atoms. The van der Waals surface area contributed by atoms with Crippen molar-refractivity contribution in [2.24, 2.45) is 0 Å². The van der Waals surface area contributed by atoms with E-state index < -0.39 is 10.0 Å². The zero-order valence-corrected chi connectivity index (χ0v) is 25.1. The number of likely N-dealkylation sites (tertiary alicyclic amines) is 1. The second-order valence-corrected chi connectivity index (χ2v) is 12.8.